The molecule has 0 saturated carbocycles. The first-order chi connectivity index (χ1) is 8.67. The maximum Gasteiger partial charge on any atom is 0.195 e. The zero-order chi connectivity index (χ0) is 12.6. The molecule has 2 heterocycles. The van der Waals surface area contributed by atoms with Gasteiger partial charge in [0.05, 0.1) is 5.52 Å². The number of aliphatic imine (C=N–C) groups is 1. The number of guanidine groups is 1. The highest BCUT2D eigenvalue weighted by molar-refractivity contribution is 5.82. The van der Waals surface area contributed by atoms with E-state index >= 15 is 0 Å². The van der Waals surface area contributed by atoms with Crippen LogP contribution in [0.4, 0.5) is 0 Å². The van der Waals surface area contributed by atoms with E-state index in [1.165, 1.54) is 0 Å². The Balaban J connectivity index is 2.14. The number of nitrogens with two attached hydrogens (primary N) is 2. The van der Waals surface area contributed by atoms with Gasteiger partial charge in [-0.25, -0.2) is 4.99 Å². The highest BCUT2D eigenvalue weighted by Crippen LogP contribution is 2.25. The van der Waals surface area contributed by atoms with Crippen LogP contribution in [0.25, 0.3) is 10.9 Å². The molecule has 1 unspecified atom stereocenters. The number of pyridine rings is 1. The Kier molecular flexibility index (Phi) is 2.28. The molecule has 1 atom stereocenters. The summed E-state index contributed by atoms with van der Waals surface area (Å²) in [6.45, 7) is 0. The van der Waals surface area contributed by atoms with Crippen molar-refractivity contribution in [3.8, 4) is 0 Å². The first-order valence-electron chi connectivity index (χ1n) is 5.61. The van der Waals surface area contributed by atoms with E-state index in [2.05, 4.69) is 15.3 Å². The van der Waals surface area contributed by atoms with E-state index < -0.39 is 5.66 Å². The van der Waals surface area contributed by atoms with Gasteiger partial charge < -0.3 is 11.1 Å². The van der Waals surface area contributed by atoms with Crippen molar-refractivity contribution in [1.82, 2.24) is 10.3 Å². The highest BCUT2D eigenvalue weighted by Gasteiger charge is 2.26. The van der Waals surface area contributed by atoms with E-state index in [4.69, 9.17) is 11.5 Å². The average molecular weight is 239 g/mol. The smallest absolute Gasteiger partial charge is 0.195 e. The molecule has 1 aliphatic heterocycles. The van der Waals surface area contributed by atoms with Crippen LogP contribution in [0.3, 0.4) is 0 Å². The summed E-state index contributed by atoms with van der Waals surface area (Å²) in [7, 11) is 0. The summed E-state index contributed by atoms with van der Waals surface area (Å²) in [5.41, 5.74) is 12.7. The molecule has 0 spiro atoms. The fraction of sp³-hybridized carbons (Fsp3) is 0.0769. The number of benzene rings is 1. The van der Waals surface area contributed by atoms with Crippen molar-refractivity contribution in [2.75, 3.05) is 0 Å². The minimum atomic E-state index is -0.952. The second-order valence-electron chi connectivity index (χ2n) is 4.22. The van der Waals surface area contributed by atoms with Crippen LogP contribution in [0.1, 0.15) is 5.56 Å². The van der Waals surface area contributed by atoms with Gasteiger partial charge in [0.1, 0.15) is 0 Å². The summed E-state index contributed by atoms with van der Waals surface area (Å²) in [5, 5.41) is 3.82. The molecule has 5 heteroatoms. The third-order valence-corrected chi connectivity index (χ3v) is 2.93. The van der Waals surface area contributed by atoms with Crippen LogP contribution in [-0.2, 0) is 5.66 Å². The maximum absolute atomic E-state index is 6.23. The van der Waals surface area contributed by atoms with E-state index in [0.29, 0.717) is 5.96 Å². The van der Waals surface area contributed by atoms with Gasteiger partial charge in [-0.05, 0) is 18.2 Å². The molecular weight excluding hydrogens is 226 g/mol. The van der Waals surface area contributed by atoms with E-state index in [1.807, 2.05) is 30.3 Å². The largest absolute Gasteiger partial charge is 0.370 e. The van der Waals surface area contributed by atoms with Gasteiger partial charge in [0.2, 0.25) is 0 Å². The fourth-order valence-electron chi connectivity index (χ4n) is 1.97. The van der Waals surface area contributed by atoms with E-state index in [1.54, 1.807) is 18.5 Å². The molecule has 1 aliphatic rings. The topological polar surface area (TPSA) is 89.3 Å². The minimum Gasteiger partial charge on any atom is -0.370 e. The SMILES string of the molecule is NC1=NC(N)(c2cnc3ccccc3c2)C=CN1. The number of aromatic nitrogens is 1. The van der Waals surface area contributed by atoms with Crippen LogP contribution in [0.5, 0.6) is 0 Å². The van der Waals surface area contributed by atoms with Gasteiger partial charge in [-0.3, -0.25) is 10.7 Å². The Bertz CT molecular complexity index is 661. The molecule has 0 amide bonds. The molecular formula is C13H13N5. The van der Waals surface area contributed by atoms with Crippen molar-refractivity contribution in [1.29, 1.82) is 0 Å². The first-order valence-corrected chi connectivity index (χ1v) is 5.61. The number of hydrogen-bond acceptors (Lipinski definition) is 5. The predicted octanol–water partition coefficient (Wildman–Crippen LogP) is 0.778. The normalized spacial score (nSPS) is 22.6. The van der Waals surface area contributed by atoms with Crippen LogP contribution in [0.15, 0.2) is 53.8 Å². The van der Waals surface area contributed by atoms with E-state index in [0.717, 1.165) is 16.5 Å². The molecule has 90 valence electrons. The van der Waals surface area contributed by atoms with Crippen molar-refractivity contribution < 1.29 is 0 Å². The molecule has 1 aromatic carbocycles. The lowest BCUT2D eigenvalue weighted by molar-refractivity contribution is 0.580. The maximum atomic E-state index is 6.23. The number of fused-ring (bicyclic) bond motifs is 1. The van der Waals surface area contributed by atoms with E-state index in [9.17, 15) is 0 Å². The lowest BCUT2D eigenvalue weighted by Gasteiger charge is -2.25. The number of rotatable bonds is 1. The summed E-state index contributed by atoms with van der Waals surface area (Å²) >= 11 is 0. The Morgan fingerprint density at radius 3 is 2.89 bits per heavy atom. The molecule has 1 aromatic heterocycles. The molecule has 0 saturated heterocycles. The van der Waals surface area contributed by atoms with Crippen LogP contribution in [0.2, 0.25) is 0 Å². The van der Waals surface area contributed by atoms with Crippen molar-refractivity contribution in [2.24, 2.45) is 16.5 Å². The Morgan fingerprint density at radius 2 is 2.06 bits per heavy atom. The van der Waals surface area contributed by atoms with Gasteiger partial charge >= 0.3 is 0 Å². The van der Waals surface area contributed by atoms with Crippen LogP contribution < -0.4 is 16.8 Å². The molecule has 18 heavy (non-hydrogen) atoms. The summed E-state index contributed by atoms with van der Waals surface area (Å²) in [6, 6.07) is 9.85. The molecule has 0 bridgehead atoms. The molecule has 0 radical (unpaired) electrons. The van der Waals surface area contributed by atoms with E-state index in [-0.39, 0.29) is 0 Å². The quantitative estimate of drug-likeness (QED) is 0.686. The second kappa shape index (κ2) is 3.82. The lowest BCUT2D eigenvalue weighted by Crippen LogP contribution is -2.42. The van der Waals surface area contributed by atoms with Gasteiger partial charge in [-0.1, -0.05) is 18.2 Å². The highest BCUT2D eigenvalue weighted by atomic mass is 15.2. The molecule has 2 aromatic rings. The molecule has 0 aliphatic carbocycles. The Labute approximate surface area is 104 Å². The van der Waals surface area contributed by atoms with Crippen LogP contribution >= 0.6 is 0 Å². The van der Waals surface area contributed by atoms with Crippen LogP contribution in [0, 0.1) is 0 Å². The predicted molar refractivity (Wildman–Crippen MR) is 71.5 cm³/mol. The third-order valence-electron chi connectivity index (χ3n) is 2.93. The monoisotopic (exact) mass is 239 g/mol. The fourth-order valence-corrected chi connectivity index (χ4v) is 1.97. The molecule has 0 fully saturated rings. The van der Waals surface area contributed by atoms with Crippen LogP contribution in [-0.4, -0.2) is 10.9 Å². The number of nitrogens with one attached hydrogen (secondary N) is 1. The van der Waals surface area contributed by atoms with Crippen molar-refractivity contribution >= 4 is 16.9 Å². The summed E-state index contributed by atoms with van der Waals surface area (Å²) in [5.74, 6) is 0.299. The summed E-state index contributed by atoms with van der Waals surface area (Å²) in [6.07, 6.45) is 5.18. The van der Waals surface area contributed by atoms with Gasteiger partial charge in [0.15, 0.2) is 11.6 Å². The average Bonchev–Trinajstić information content (AvgIpc) is 2.38. The second-order valence-corrected chi connectivity index (χ2v) is 4.22. The lowest BCUT2D eigenvalue weighted by atomic mass is 10.0. The summed E-state index contributed by atoms with van der Waals surface area (Å²) < 4.78 is 0. The van der Waals surface area contributed by atoms with Gasteiger partial charge in [0, 0.05) is 23.3 Å². The first kappa shape index (κ1) is 10.7. The van der Waals surface area contributed by atoms with Crippen molar-refractivity contribution in [3.05, 3.63) is 54.4 Å². The van der Waals surface area contributed by atoms with Gasteiger partial charge in [-0.15, -0.1) is 0 Å². The van der Waals surface area contributed by atoms with Gasteiger partial charge in [0.25, 0.3) is 0 Å². The third kappa shape index (κ3) is 1.70. The Hall–Kier alpha value is -2.40. The Morgan fingerprint density at radius 1 is 1.22 bits per heavy atom. The summed E-state index contributed by atoms with van der Waals surface area (Å²) in [4.78, 5) is 8.61. The number of para-hydroxylation sites is 1. The standard InChI is InChI=1S/C13H13N5/c14-12-16-6-5-13(15,18-12)10-7-9-3-1-2-4-11(9)17-8-10/h1-8H,15H2,(H3,14,16,18). The minimum absolute atomic E-state index is 0.299. The van der Waals surface area contributed by atoms with Crippen molar-refractivity contribution in [2.45, 2.75) is 5.66 Å². The van der Waals surface area contributed by atoms with Crippen molar-refractivity contribution in [3.63, 3.8) is 0 Å². The number of nitrogens with zero attached hydrogens (tertiary/aromatic N) is 2. The molecule has 5 N–H and O–H groups in total. The zero-order valence-electron chi connectivity index (χ0n) is 9.67. The molecule has 5 nitrogen and oxygen atoms in total. The zero-order valence-corrected chi connectivity index (χ0v) is 9.67. The number of hydrogen-bond donors (Lipinski definition) is 3. The van der Waals surface area contributed by atoms with Gasteiger partial charge in [-0.2, -0.15) is 0 Å². The molecule has 3 rings (SSSR count).